The summed E-state index contributed by atoms with van der Waals surface area (Å²) in [6.07, 6.45) is 6.73. The van der Waals surface area contributed by atoms with E-state index in [1.807, 2.05) is 18.2 Å². The molecule has 0 atom stereocenters. The fourth-order valence-corrected chi connectivity index (χ4v) is 5.71. The van der Waals surface area contributed by atoms with Gasteiger partial charge in [0.25, 0.3) is 0 Å². The van der Waals surface area contributed by atoms with Gasteiger partial charge in [0, 0.05) is 55.3 Å². The van der Waals surface area contributed by atoms with E-state index in [0.29, 0.717) is 18.7 Å². The second-order valence-electron chi connectivity index (χ2n) is 11.0. The lowest BCUT2D eigenvalue weighted by molar-refractivity contribution is 0.177. The molecule has 0 bridgehead atoms. The van der Waals surface area contributed by atoms with Crippen molar-refractivity contribution >= 4 is 16.6 Å². The molecule has 4 heterocycles. The SMILES string of the molecule is CCc1ccc(-c2cc(NC3CCN(C(C)C)CC3)c3cc(OC)c(OCCCN4CCCC4)cc3n2)o1. The van der Waals surface area contributed by atoms with Gasteiger partial charge in [-0.1, -0.05) is 6.92 Å². The predicted molar refractivity (Wildman–Crippen MR) is 155 cm³/mol. The molecule has 5 rings (SSSR count). The molecule has 0 aliphatic carbocycles. The summed E-state index contributed by atoms with van der Waals surface area (Å²) >= 11 is 0. The lowest BCUT2D eigenvalue weighted by Gasteiger charge is -2.35. The average molecular weight is 521 g/mol. The summed E-state index contributed by atoms with van der Waals surface area (Å²) in [6.45, 7) is 13.1. The number of pyridine rings is 1. The molecular formula is C31H44N4O3. The van der Waals surface area contributed by atoms with Crippen molar-refractivity contribution in [2.24, 2.45) is 0 Å². The van der Waals surface area contributed by atoms with E-state index in [1.54, 1.807) is 7.11 Å². The second-order valence-corrected chi connectivity index (χ2v) is 11.0. The third-order valence-electron chi connectivity index (χ3n) is 8.05. The van der Waals surface area contributed by atoms with Crippen molar-refractivity contribution in [3.63, 3.8) is 0 Å². The number of ether oxygens (including phenoxy) is 2. The molecule has 0 radical (unpaired) electrons. The minimum atomic E-state index is 0.416. The summed E-state index contributed by atoms with van der Waals surface area (Å²) < 4.78 is 18.1. The maximum atomic E-state index is 6.25. The summed E-state index contributed by atoms with van der Waals surface area (Å²) in [7, 11) is 1.71. The van der Waals surface area contributed by atoms with Crippen LogP contribution in [0.2, 0.25) is 0 Å². The number of nitrogens with one attached hydrogen (secondary N) is 1. The molecule has 2 aliphatic rings. The van der Waals surface area contributed by atoms with Gasteiger partial charge in [-0.15, -0.1) is 0 Å². The van der Waals surface area contributed by atoms with Gasteiger partial charge in [0.1, 0.15) is 11.5 Å². The quantitative estimate of drug-likeness (QED) is 0.301. The first-order valence-electron chi connectivity index (χ1n) is 14.5. The standard InChI is InChI=1S/C31H44N4O3/c1-5-24-9-10-29(38-24)28-20-26(32-23-11-16-35(17-12-23)22(2)3)25-19-30(36-4)31(21-27(25)33-28)37-18-8-15-34-13-6-7-14-34/h9-10,19-23H,5-8,11-18H2,1-4H3,(H,32,33). The van der Waals surface area contributed by atoms with Crippen molar-refractivity contribution in [3.8, 4) is 23.0 Å². The molecule has 206 valence electrons. The van der Waals surface area contributed by atoms with Crippen LogP contribution >= 0.6 is 0 Å². The Morgan fingerprint density at radius 1 is 1.05 bits per heavy atom. The number of aryl methyl sites for hydroxylation is 1. The van der Waals surface area contributed by atoms with Gasteiger partial charge in [0.05, 0.1) is 19.2 Å². The van der Waals surface area contributed by atoms with Crippen LogP contribution in [0.25, 0.3) is 22.4 Å². The molecule has 2 aliphatic heterocycles. The minimum Gasteiger partial charge on any atom is -0.493 e. The van der Waals surface area contributed by atoms with E-state index in [0.717, 1.165) is 90.6 Å². The van der Waals surface area contributed by atoms with E-state index in [4.69, 9.17) is 18.9 Å². The van der Waals surface area contributed by atoms with E-state index < -0.39 is 0 Å². The van der Waals surface area contributed by atoms with Crippen LogP contribution in [0.5, 0.6) is 11.5 Å². The van der Waals surface area contributed by atoms with Gasteiger partial charge in [-0.2, -0.15) is 0 Å². The van der Waals surface area contributed by atoms with Crippen LogP contribution in [-0.4, -0.2) is 73.3 Å². The third kappa shape index (κ3) is 6.26. The van der Waals surface area contributed by atoms with Gasteiger partial charge >= 0.3 is 0 Å². The molecule has 0 unspecified atom stereocenters. The Morgan fingerprint density at radius 2 is 1.84 bits per heavy atom. The number of aromatic nitrogens is 1. The van der Waals surface area contributed by atoms with Gasteiger partial charge in [-0.3, -0.25) is 0 Å². The molecule has 0 saturated carbocycles. The van der Waals surface area contributed by atoms with Gasteiger partial charge in [0.15, 0.2) is 17.3 Å². The van der Waals surface area contributed by atoms with E-state index in [2.05, 4.69) is 48.0 Å². The normalized spacial score (nSPS) is 17.5. The largest absolute Gasteiger partial charge is 0.493 e. The number of likely N-dealkylation sites (tertiary alicyclic amines) is 2. The summed E-state index contributed by atoms with van der Waals surface area (Å²) in [4.78, 5) is 10.1. The number of rotatable bonds is 11. The van der Waals surface area contributed by atoms with Crippen LogP contribution in [0.15, 0.2) is 34.7 Å². The molecule has 7 heteroatoms. The monoisotopic (exact) mass is 520 g/mol. The molecule has 2 aromatic heterocycles. The van der Waals surface area contributed by atoms with Crippen molar-refractivity contribution in [2.45, 2.75) is 71.4 Å². The highest BCUT2D eigenvalue weighted by atomic mass is 16.5. The topological polar surface area (TPSA) is 63.0 Å². The third-order valence-corrected chi connectivity index (χ3v) is 8.05. The lowest BCUT2D eigenvalue weighted by Crippen LogP contribution is -2.42. The summed E-state index contributed by atoms with van der Waals surface area (Å²) in [5.41, 5.74) is 2.79. The van der Waals surface area contributed by atoms with E-state index >= 15 is 0 Å². The van der Waals surface area contributed by atoms with Crippen LogP contribution in [0.3, 0.4) is 0 Å². The summed E-state index contributed by atoms with van der Waals surface area (Å²) in [5, 5.41) is 4.90. The maximum Gasteiger partial charge on any atom is 0.163 e. The molecule has 3 aromatic rings. The molecule has 38 heavy (non-hydrogen) atoms. The number of nitrogens with zero attached hydrogens (tertiary/aromatic N) is 3. The van der Waals surface area contributed by atoms with E-state index in [1.165, 1.54) is 25.9 Å². The minimum absolute atomic E-state index is 0.416. The van der Waals surface area contributed by atoms with Crippen molar-refractivity contribution in [3.05, 3.63) is 36.1 Å². The second kappa shape index (κ2) is 12.4. The zero-order chi connectivity index (χ0) is 26.5. The van der Waals surface area contributed by atoms with Crippen LogP contribution in [0.1, 0.15) is 58.6 Å². The zero-order valence-corrected chi connectivity index (χ0v) is 23.6. The van der Waals surface area contributed by atoms with E-state index in [9.17, 15) is 0 Å². The molecule has 2 saturated heterocycles. The number of hydrogen-bond donors (Lipinski definition) is 1. The number of furan rings is 1. The Balaban J connectivity index is 1.41. The Labute approximate surface area is 227 Å². The first kappa shape index (κ1) is 26.8. The highest BCUT2D eigenvalue weighted by Gasteiger charge is 2.23. The fraction of sp³-hybridized carbons (Fsp3) is 0.581. The first-order valence-corrected chi connectivity index (χ1v) is 14.5. The molecule has 7 nitrogen and oxygen atoms in total. The number of benzene rings is 1. The number of hydrogen-bond acceptors (Lipinski definition) is 7. The molecular weight excluding hydrogens is 476 g/mol. The smallest absolute Gasteiger partial charge is 0.163 e. The van der Waals surface area contributed by atoms with Crippen LogP contribution in [0, 0.1) is 0 Å². The highest BCUT2D eigenvalue weighted by molar-refractivity contribution is 5.95. The number of fused-ring (bicyclic) bond motifs is 1. The lowest BCUT2D eigenvalue weighted by atomic mass is 10.0. The van der Waals surface area contributed by atoms with Crippen LogP contribution in [-0.2, 0) is 6.42 Å². The number of anilines is 1. The van der Waals surface area contributed by atoms with Crippen molar-refractivity contribution in [1.29, 1.82) is 0 Å². The van der Waals surface area contributed by atoms with Crippen LogP contribution < -0.4 is 14.8 Å². The Hall–Kier alpha value is -2.77. The first-order chi connectivity index (χ1) is 18.5. The zero-order valence-electron chi connectivity index (χ0n) is 23.6. The fourth-order valence-electron chi connectivity index (χ4n) is 5.71. The Bertz CT molecular complexity index is 1190. The number of methoxy groups -OCH3 is 1. The van der Waals surface area contributed by atoms with Crippen molar-refractivity contribution in [2.75, 3.05) is 51.8 Å². The molecule has 0 spiro atoms. The van der Waals surface area contributed by atoms with Gasteiger partial charge in [0.2, 0.25) is 0 Å². The number of piperidine rings is 1. The molecule has 0 amide bonds. The molecule has 1 N–H and O–H groups in total. The van der Waals surface area contributed by atoms with Crippen LogP contribution in [0.4, 0.5) is 5.69 Å². The van der Waals surface area contributed by atoms with Gasteiger partial charge in [-0.25, -0.2) is 4.98 Å². The predicted octanol–water partition coefficient (Wildman–Crippen LogP) is 6.22. The summed E-state index contributed by atoms with van der Waals surface area (Å²) in [5.74, 6) is 3.26. The van der Waals surface area contributed by atoms with Gasteiger partial charge < -0.3 is 29.0 Å². The van der Waals surface area contributed by atoms with Crippen molar-refractivity contribution < 1.29 is 13.9 Å². The average Bonchev–Trinajstić information content (AvgIpc) is 3.63. The summed E-state index contributed by atoms with van der Waals surface area (Å²) in [6, 6.07) is 11.3. The van der Waals surface area contributed by atoms with Crippen molar-refractivity contribution in [1.82, 2.24) is 14.8 Å². The Morgan fingerprint density at radius 3 is 2.53 bits per heavy atom. The highest BCUT2D eigenvalue weighted by Crippen LogP contribution is 2.38. The molecule has 1 aromatic carbocycles. The Kier molecular flexibility index (Phi) is 8.75. The molecule has 2 fully saturated rings. The maximum absolute atomic E-state index is 6.25. The van der Waals surface area contributed by atoms with Gasteiger partial charge in [-0.05, 0) is 83.3 Å². The van der Waals surface area contributed by atoms with E-state index in [-0.39, 0.29) is 0 Å².